The van der Waals surface area contributed by atoms with Crippen LogP contribution in [0, 0.1) is 33.5 Å². The molecule has 4 rings (SSSR count). The van der Waals surface area contributed by atoms with Gasteiger partial charge in [-0.05, 0) is 116 Å². The summed E-state index contributed by atoms with van der Waals surface area (Å²) < 4.78 is 0. The quantitative estimate of drug-likeness (QED) is 0.449. The minimum atomic E-state index is -0.141. The molecule has 1 heteroatoms. The molecule has 31 heavy (non-hydrogen) atoms. The van der Waals surface area contributed by atoms with E-state index in [0.29, 0.717) is 16.7 Å². The molecule has 0 radical (unpaired) electrons. The van der Waals surface area contributed by atoms with E-state index in [1.165, 1.54) is 56.9 Å². The summed E-state index contributed by atoms with van der Waals surface area (Å²) in [5, 5.41) is 10.8. The van der Waals surface area contributed by atoms with E-state index in [4.69, 9.17) is 0 Å². The second kappa shape index (κ2) is 7.61. The van der Waals surface area contributed by atoms with Crippen molar-refractivity contribution >= 4 is 0 Å². The summed E-state index contributed by atoms with van der Waals surface area (Å²) >= 11 is 0. The van der Waals surface area contributed by atoms with Crippen molar-refractivity contribution in [2.75, 3.05) is 0 Å². The van der Waals surface area contributed by atoms with Crippen molar-refractivity contribution in [3.05, 3.63) is 34.4 Å². The normalized spacial score (nSPS) is 42.3. The lowest BCUT2D eigenvalue weighted by Gasteiger charge is -2.60. The average Bonchev–Trinajstić information content (AvgIpc) is 2.97. The van der Waals surface area contributed by atoms with E-state index in [9.17, 15) is 5.11 Å². The Bertz CT molecular complexity index is 821. The van der Waals surface area contributed by atoms with Crippen molar-refractivity contribution in [1.82, 2.24) is 0 Å². The van der Waals surface area contributed by atoms with Crippen LogP contribution in [0.3, 0.4) is 0 Å². The molecule has 6 atom stereocenters. The van der Waals surface area contributed by atoms with Gasteiger partial charge >= 0.3 is 0 Å². The maximum Gasteiger partial charge on any atom is 0.0594 e. The third kappa shape index (κ3) is 3.27. The van der Waals surface area contributed by atoms with Crippen LogP contribution in [0.15, 0.2) is 34.4 Å². The topological polar surface area (TPSA) is 20.2 Å². The van der Waals surface area contributed by atoms with Crippen LogP contribution in [-0.4, -0.2) is 11.2 Å². The van der Waals surface area contributed by atoms with Crippen molar-refractivity contribution in [1.29, 1.82) is 0 Å². The van der Waals surface area contributed by atoms with E-state index < -0.39 is 0 Å². The van der Waals surface area contributed by atoms with Crippen LogP contribution in [0.5, 0.6) is 0 Å². The minimum Gasteiger partial charge on any atom is -0.393 e. The van der Waals surface area contributed by atoms with Crippen LogP contribution in [0.4, 0.5) is 0 Å². The Labute approximate surface area is 192 Å². The summed E-state index contributed by atoms with van der Waals surface area (Å²) in [6, 6.07) is 0. The molecule has 0 heterocycles. The van der Waals surface area contributed by atoms with Crippen LogP contribution in [0.2, 0.25) is 0 Å². The Balaban J connectivity index is 1.65. The third-order valence-electron chi connectivity index (χ3n) is 11.2. The number of rotatable bonds is 4. The van der Waals surface area contributed by atoms with E-state index in [2.05, 4.69) is 67.5 Å². The number of allylic oxidation sites excluding steroid dienone is 6. The molecule has 0 aromatic rings. The molecular weight excluding hydrogens is 376 g/mol. The minimum absolute atomic E-state index is 0.0320. The molecule has 0 aromatic carbocycles. The van der Waals surface area contributed by atoms with Gasteiger partial charge in [-0.3, -0.25) is 0 Å². The largest absolute Gasteiger partial charge is 0.393 e. The third-order valence-corrected chi connectivity index (χ3v) is 11.2. The first-order valence-corrected chi connectivity index (χ1v) is 13.1. The highest BCUT2D eigenvalue weighted by atomic mass is 16.3. The molecule has 1 saturated carbocycles. The SMILES string of the molecule is CC(C)=CCC[C@@H](C)[C@@]1(C)CC=C2C3=C(CC[C@@]21C)[C@@]1(C)CC[C@H](O)C(C)(C)[C@@H]1CC3. The lowest BCUT2D eigenvalue weighted by molar-refractivity contribution is -0.0912. The average molecular weight is 425 g/mol. The number of hydrogen-bond donors (Lipinski definition) is 1. The molecule has 0 unspecified atom stereocenters. The molecule has 0 spiro atoms. The highest BCUT2D eigenvalue weighted by molar-refractivity contribution is 5.51. The molecule has 0 aliphatic heterocycles. The van der Waals surface area contributed by atoms with Gasteiger partial charge in [-0.25, -0.2) is 0 Å². The van der Waals surface area contributed by atoms with Gasteiger partial charge in [-0.1, -0.05) is 64.8 Å². The van der Waals surface area contributed by atoms with Gasteiger partial charge in [0.1, 0.15) is 0 Å². The van der Waals surface area contributed by atoms with Crippen LogP contribution < -0.4 is 0 Å². The number of hydrogen-bond acceptors (Lipinski definition) is 1. The van der Waals surface area contributed by atoms with E-state index >= 15 is 0 Å². The zero-order valence-corrected chi connectivity index (χ0v) is 21.7. The molecule has 1 fully saturated rings. The van der Waals surface area contributed by atoms with Crippen molar-refractivity contribution in [2.45, 2.75) is 119 Å². The summed E-state index contributed by atoms with van der Waals surface area (Å²) in [6.45, 7) is 19.4. The maximum atomic E-state index is 10.8. The number of aliphatic hydroxyl groups is 1. The van der Waals surface area contributed by atoms with Crippen molar-refractivity contribution in [2.24, 2.45) is 33.5 Å². The van der Waals surface area contributed by atoms with E-state index in [1.54, 1.807) is 16.7 Å². The first-order valence-electron chi connectivity index (χ1n) is 13.1. The Kier molecular flexibility index (Phi) is 5.73. The first kappa shape index (κ1) is 23.3. The first-order chi connectivity index (χ1) is 14.4. The van der Waals surface area contributed by atoms with Gasteiger partial charge in [0.25, 0.3) is 0 Å². The van der Waals surface area contributed by atoms with Crippen molar-refractivity contribution in [3.63, 3.8) is 0 Å². The van der Waals surface area contributed by atoms with E-state index in [0.717, 1.165) is 12.3 Å². The summed E-state index contributed by atoms with van der Waals surface area (Å²) in [6.07, 6.45) is 15.9. The molecule has 1 nitrogen and oxygen atoms in total. The van der Waals surface area contributed by atoms with Gasteiger partial charge in [-0.15, -0.1) is 0 Å². The Morgan fingerprint density at radius 3 is 2.48 bits per heavy atom. The summed E-state index contributed by atoms with van der Waals surface area (Å²) in [5.74, 6) is 1.35. The molecule has 0 amide bonds. The summed E-state index contributed by atoms with van der Waals surface area (Å²) in [7, 11) is 0. The summed E-state index contributed by atoms with van der Waals surface area (Å²) in [5.41, 5.74) is 7.73. The second-order valence-corrected chi connectivity index (χ2v) is 13.2. The van der Waals surface area contributed by atoms with Gasteiger partial charge < -0.3 is 5.11 Å². The van der Waals surface area contributed by atoms with Gasteiger partial charge in [0.05, 0.1) is 6.10 Å². The molecule has 4 aliphatic carbocycles. The Morgan fingerprint density at radius 1 is 1.10 bits per heavy atom. The van der Waals surface area contributed by atoms with Crippen molar-refractivity contribution in [3.8, 4) is 0 Å². The Hall–Kier alpha value is -0.820. The van der Waals surface area contributed by atoms with Crippen LogP contribution in [0.25, 0.3) is 0 Å². The fourth-order valence-corrected chi connectivity index (χ4v) is 8.62. The predicted molar refractivity (Wildman–Crippen MR) is 133 cm³/mol. The lowest BCUT2D eigenvalue weighted by Crippen LogP contribution is -2.53. The van der Waals surface area contributed by atoms with Crippen molar-refractivity contribution < 1.29 is 5.11 Å². The van der Waals surface area contributed by atoms with E-state index in [1.807, 2.05) is 0 Å². The molecule has 0 saturated heterocycles. The highest BCUT2D eigenvalue weighted by Crippen LogP contribution is 2.69. The lowest BCUT2D eigenvalue weighted by atomic mass is 9.45. The monoisotopic (exact) mass is 424 g/mol. The number of aliphatic hydroxyl groups excluding tert-OH is 1. The zero-order chi connectivity index (χ0) is 22.8. The standard InChI is InChI=1S/C30H48O/c1-20(2)10-9-11-21(3)29(7)18-15-24-22-12-13-25-27(4,5)26(31)16-17-28(25,6)23(22)14-19-30(24,29)8/h10,15,21,25-26,31H,9,11-14,16-19H2,1-8H3/t21-,25+,26+,28-,29-,30+/m1/s1. The molecule has 0 aromatic heterocycles. The van der Waals surface area contributed by atoms with Gasteiger partial charge in [0, 0.05) is 0 Å². The van der Waals surface area contributed by atoms with E-state index in [-0.39, 0.29) is 16.9 Å². The molecular formula is C30H48O. The smallest absolute Gasteiger partial charge is 0.0594 e. The van der Waals surface area contributed by atoms with Crippen LogP contribution in [-0.2, 0) is 0 Å². The molecule has 1 N–H and O–H groups in total. The Morgan fingerprint density at radius 2 is 1.81 bits per heavy atom. The second-order valence-electron chi connectivity index (χ2n) is 13.2. The molecule has 4 aliphatic rings. The summed E-state index contributed by atoms with van der Waals surface area (Å²) in [4.78, 5) is 0. The highest BCUT2D eigenvalue weighted by Gasteiger charge is 2.59. The fraction of sp³-hybridized carbons (Fsp3) is 0.800. The van der Waals surface area contributed by atoms with Crippen LogP contribution in [0.1, 0.15) is 113 Å². The number of fused-ring (bicyclic) bond motifs is 4. The predicted octanol–water partition coefficient (Wildman–Crippen LogP) is 8.40. The zero-order valence-electron chi connectivity index (χ0n) is 21.7. The maximum absolute atomic E-state index is 10.8. The van der Waals surface area contributed by atoms with Gasteiger partial charge in [0.2, 0.25) is 0 Å². The fourth-order valence-electron chi connectivity index (χ4n) is 8.62. The van der Waals surface area contributed by atoms with Gasteiger partial charge in [0.15, 0.2) is 0 Å². The van der Waals surface area contributed by atoms with Crippen LogP contribution >= 0.6 is 0 Å². The molecule has 0 bridgehead atoms. The molecule has 174 valence electrons. The van der Waals surface area contributed by atoms with Gasteiger partial charge in [-0.2, -0.15) is 0 Å².